The number of aromatic nitrogens is 2. The molecule has 6 nitrogen and oxygen atoms in total. The summed E-state index contributed by atoms with van der Waals surface area (Å²) >= 11 is 0. The van der Waals surface area contributed by atoms with E-state index in [4.69, 9.17) is 5.26 Å². The van der Waals surface area contributed by atoms with Crippen molar-refractivity contribution in [2.45, 2.75) is 51.2 Å². The zero-order valence-corrected chi connectivity index (χ0v) is 16.1. The van der Waals surface area contributed by atoms with Crippen molar-refractivity contribution in [3.63, 3.8) is 0 Å². The first-order valence-electron chi connectivity index (χ1n) is 9.50. The highest BCUT2D eigenvalue weighted by molar-refractivity contribution is 5.79. The third kappa shape index (κ3) is 4.95. The molecular formula is C21H27N5O. The average molecular weight is 365 g/mol. The number of imidazole rings is 1. The van der Waals surface area contributed by atoms with E-state index in [1.165, 1.54) is 0 Å². The SMILES string of the molecule is CC(C)(CCn1cnc(-c2ccccc2)c1)NCC(=O)N1CCC[C@H]1C#N. The normalized spacial score (nSPS) is 17.1. The molecule has 1 aromatic heterocycles. The van der Waals surface area contributed by atoms with E-state index in [9.17, 15) is 4.79 Å². The second-order valence-electron chi connectivity index (χ2n) is 7.72. The molecule has 27 heavy (non-hydrogen) atoms. The number of rotatable bonds is 7. The zero-order chi connectivity index (χ0) is 19.3. The van der Waals surface area contributed by atoms with Gasteiger partial charge in [-0.1, -0.05) is 30.3 Å². The van der Waals surface area contributed by atoms with Crippen LogP contribution in [0.25, 0.3) is 11.3 Å². The predicted molar refractivity (Wildman–Crippen MR) is 105 cm³/mol. The topological polar surface area (TPSA) is 74.0 Å². The lowest BCUT2D eigenvalue weighted by Gasteiger charge is -2.28. The van der Waals surface area contributed by atoms with Gasteiger partial charge in [-0.3, -0.25) is 4.79 Å². The monoisotopic (exact) mass is 365 g/mol. The number of nitriles is 1. The van der Waals surface area contributed by atoms with Crippen molar-refractivity contribution in [3.05, 3.63) is 42.9 Å². The van der Waals surface area contributed by atoms with E-state index < -0.39 is 0 Å². The van der Waals surface area contributed by atoms with Gasteiger partial charge in [0.25, 0.3) is 0 Å². The van der Waals surface area contributed by atoms with Gasteiger partial charge in [0.15, 0.2) is 0 Å². The Morgan fingerprint density at radius 1 is 1.37 bits per heavy atom. The largest absolute Gasteiger partial charge is 0.337 e. The average Bonchev–Trinajstić information content (AvgIpc) is 3.34. The highest BCUT2D eigenvalue weighted by Crippen LogP contribution is 2.18. The minimum Gasteiger partial charge on any atom is -0.337 e. The van der Waals surface area contributed by atoms with E-state index >= 15 is 0 Å². The maximum Gasteiger partial charge on any atom is 0.237 e. The van der Waals surface area contributed by atoms with Gasteiger partial charge in [0.05, 0.1) is 24.6 Å². The van der Waals surface area contributed by atoms with E-state index in [2.05, 4.69) is 53.1 Å². The van der Waals surface area contributed by atoms with Gasteiger partial charge in [-0.2, -0.15) is 5.26 Å². The molecule has 142 valence electrons. The van der Waals surface area contributed by atoms with Gasteiger partial charge in [-0.15, -0.1) is 0 Å². The molecule has 0 radical (unpaired) electrons. The molecule has 1 aliphatic heterocycles. The number of likely N-dealkylation sites (tertiary alicyclic amines) is 1. The number of hydrogen-bond acceptors (Lipinski definition) is 4. The van der Waals surface area contributed by atoms with Gasteiger partial charge < -0.3 is 14.8 Å². The molecule has 2 aromatic rings. The molecule has 6 heteroatoms. The first-order chi connectivity index (χ1) is 13.0. The van der Waals surface area contributed by atoms with Gasteiger partial charge >= 0.3 is 0 Å². The van der Waals surface area contributed by atoms with Crippen LogP contribution in [0.5, 0.6) is 0 Å². The zero-order valence-electron chi connectivity index (χ0n) is 16.1. The summed E-state index contributed by atoms with van der Waals surface area (Å²) in [5.74, 6) is 0.0149. The predicted octanol–water partition coefficient (Wildman–Crippen LogP) is 2.82. The van der Waals surface area contributed by atoms with Gasteiger partial charge in [-0.05, 0) is 33.1 Å². The van der Waals surface area contributed by atoms with E-state index in [0.717, 1.165) is 37.1 Å². The lowest BCUT2D eigenvalue weighted by molar-refractivity contribution is -0.130. The van der Waals surface area contributed by atoms with Crippen LogP contribution in [0.4, 0.5) is 0 Å². The Bertz CT molecular complexity index is 805. The molecule has 1 fully saturated rings. The molecule has 2 heterocycles. The van der Waals surface area contributed by atoms with Gasteiger partial charge in [0.1, 0.15) is 6.04 Å². The summed E-state index contributed by atoms with van der Waals surface area (Å²) in [7, 11) is 0. The molecule has 0 spiro atoms. The Morgan fingerprint density at radius 2 is 2.15 bits per heavy atom. The van der Waals surface area contributed by atoms with Crippen molar-refractivity contribution >= 4 is 5.91 Å². The first-order valence-corrected chi connectivity index (χ1v) is 9.50. The summed E-state index contributed by atoms with van der Waals surface area (Å²) in [4.78, 5) is 18.6. The summed E-state index contributed by atoms with van der Waals surface area (Å²) in [5.41, 5.74) is 1.89. The second kappa shape index (κ2) is 8.36. The number of nitrogens with zero attached hydrogens (tertiary/aromatic N) is 4. The van der Waals surface area contributed by atoms with Crippen LogP contribution < -0.4 is 5.32 Å². The molecule has 1 aromatic carbocycles. The summed E-state index contributed by atoms with van der Waals surface area (Å²) in [5, 5.41) is 12.5. The molecule has 0 saturated carbocycles. The number of amides is 1. The molecule has 0 bridgehead atoms. The second-order valence-corrected chi connectivity index (χ2v) is 7.72. The quantitative estimate of drug-likeness (QED) is 0.819. The molecule has 1 saturated heterocycles. The van der Waals surface area contributed by atoms with Crippen LogP contribution in [0.2, 0.25) is 0 Å². The smallest absolute Gasteiger partial charge is 0.237 e. The number of nitrogens with one attached hydrogen (secondary N) is 1. The first kappa shape index (κ1) is 19.1. The number of aryl methyl sites for hydroxylation is 1. The molecule has 1 amide bonds. The van der Waals surface area contributed by atoms with Crippen LogP contribution in [0.1, 0.15) is 33.1 Å². The molecule has 1 aliphatic rings. The number of hydrogen-bond donors (Lipinski definition) is 1. The Balaban J connectivity index is 1.49. The van der Waals surface area contributed by atoms with E-state index in [0.29, 0.717) is 6.54 Å². The summed E-state index contributed by atoms with van der Waals surface area (Å²) in [6.45, 7) is 5.97. The van der Waals surface area contributed by atoms with Crippen molar-refractivity contribution in [1.82, 2.24) is 19.8 Å². The number of benzene rings is 1. The number of carbonyl (C=O) groups excluding carboxylic acids is 1. The van der Waals surface area contributed by atoms with Crippen molar-refractivity contribution in [1.29, 1.82) is 5.26 Å². The van der Waals surface area contributed by atoms with Gasteiger partial charge in [0, 0.05) is 30.4 Å². The highest BCUT2D eigenvalue weighted by Gasteiger charge is 2.29. The van der Waals surface area contributed by atoms with Gasteiger partial charge in [-0.25, -0.2) is 4.98 Å². The van der Waals surface area contributed by atoms with Crippen molar-refractivity contribution in [2.24, 2.45) is 0 Å². The Kier molecular flexibility index (Phi) is 5.92. The van der Waals surface area contributed by atoms with Crippen LogP contribution >= 0.6 is 0 Å². The fourth-order valence-corrected chi connectivity index (χ4v) is 3.35. The minimum atomic E-state index is -0.259. The van der Waals surface area contributed by atoms with Crippen LogP contribution in [0, 0.1) is 11.3 Å². The molecule has 1 N–H and O–H groups in total. The lowest BCUT2D eigenvalue weighted by atomic mass is 10.0. The lowest BCUT2D eigenvalue weighted by Crippen LogP contribution is -2.47. The maximum absolute atomic E-state index is 12.4. The van der Waals surface area contributed by atoms with Crippen LogP contribution in [-0.4, -0.2) is 45.0 Å². The van der Waals surface area contributed by atoms with Crippen LogP contribution in [0.3, 0.4) is 0 Å². The van der Waals surface area contributed by atoms with E-state index in [1.54, 1.807) is 4.90 Å². The number of carbonyl (C=O) groups is 1. The van der Waals surface area contributed by atoms with Crippen LogP contribution in [0.15, 0.2) is 42.9 Å². The summed E-state index contributed by atoms with van der Waals surface area (Å²) in [6.07, 6.45) is 6.48. The Labute approximate surface area is 160 Å². The Morgan fingerprint density at radius 3 is 2.89 bits per heavy atom. The molecule has 0 unspecified atom stereocenters. The highest BCUT2D eigenvalue weighted by atomic mass is 16.2. The molecule has 3 rings (SSSR count). The van der Waals surface area contributed by atoms with E-state index in [1.807, 2.05) is 24.5 Å². The third-order valence-corrected chi connectivity index (χ3v) is 5.14. The fraction of sp³-hybridized carbons (Fsp3) is 0.476. The standard InChI is InChI=1S/C21H27N5O/c1-21(2,24-14-20(27)26-11-6-9-18(26)13-22)10-12-25-15-19(23-16-25)17-7-4-3-5-8-17/h3-5,7-8,15-16,18,24H,6,9-12,14H2,1-2H3/t18-/m0/s1. The molecule has 0 aliphatic carbocycles. The fourth-order valence-electron chi connectivity index (χ4n) is 3.35. The van der Waals surface area contributed by atoms with E-state index in [-0.39, 0.29) is 24.0 Å². The van der Waals surface area contributed by atoms with Crippen LogP contribution in [-0.2, 0) is 11.3 Å². The van der Waals surface area contributed by atoms with Crippen molar-refractivity contribution in [2.75, 3.05) is 13.1 Å². The van der Waals surface area contributed by atoms with Crippen molar-refractivity contribution < 1.29 is 4.79 Å². The Hall–Kier alpha value is -2.65. The van der Waals surface area contributed by atoms with Crippen molar-refractivity contribution in [3.8, 4) is 17.3 Å². The summed E-state index contributed by atoms with van der Waals surface area (Å²) in [6, 6.07) is 12.1. The maximum atomic E-state index is 12.4. The molecular weight excluding hydrogens is 338 g/mol. The molecule has 1 atom stereocenters. The third-order valence-electron chi connectivity index (χ3n) is 5.14. The minimum absolute atomic E-state index is 0.0149. The summed E-state index contributed by atoms with van der Waals surface area (Å²) < 4.78 is 2.08. The van der Waals surface area contributed by atoms with Gasteiger partial charge in [0.2, 0.25) is 5.91 Å².